The van der Waals surface area contributed by atoms with Gasteiger partial charge >= 0.3 is 5.97 Å². The second kappa shape index (κ2) is 5.51. The molecule has 1 rings (SSSR count). The third kappa shape index (κ3) is 3.66. The summed E-state index contributed by atoms with van der Waals surface area (Å²) in [5.41, 5.74) is 1.04. The topological polar surface area (TPSA) is 26.3 Å². The summed E-state index contributed by atoms with van der Waals surface area (Å²) in [7, 11) is 0. The lowest BCUT2D eigenvalue weighted by atomic mass is 9.77. The Kier molecular flexibility index (Phi) is 4.57. The summed E-state index contributed by atoms with van der Waals surface area (Å²) < 4.78 is 5.58. The van der Waals surface area contributed by atoms with Gasteiger partial charge in [-0.2, -0.15) is 0 Å². The Hall–Kier alpha value is -0.790. The number of carbonyl (C=O) groups is 1. The summed E-state index contributed by atoms with van der Waals surface area (Å²) in [4.78, 5) is 11.5. The molecule has 0 atom stereocenters. The van der Waals surface area contributed by atoms with Gasteiger partial charge in [-0.3, -0.25) is 4.79 Å². The normalized spacial score (nSPS) is 29.8. The molecule has 16 heavy (non-hydrogen) atoms. The molecule has 1 saturated carbocycles. The van der Waals surface area contributed by atoms with Crippen LogP contribution in [0.3, 0.4) is 0 Å². The van der Waals surface area contributed by atoms with Crippen LogP contribution in [0.1, 0.15) is 59.3 Å². The summed E-state index contributed by atoms with van der Waals surface area (Å²) in [5, 5.41) is 0. The van der Waals surface area contributed by atoms with Crippen molar-refractivity contribution < 1.29 is 9.53 Å². The third-order valence-electron chi connectivity index (χ3n) is 3.55. The molecule has 0 amide bonds. The number of rotatable bonds is 4. The fourth-order valence-corrected chi connectivity index (χ4v) is 2.35. The van der Waals surface area contributed by atoms with E-state index in [1.54, 1.807) is 0 Å². The molecule has 2 nitrogen and oxygen atoms in total. The van der Waals surface area contributed by atoms with Gasteiger partial charge in [0.2, 0.25) is 0 Å². The number of carbonyl (C=O) groups excluding carboxylic acids is 1. The zero-order valence-corrected chi connectivity index (χ0v) is 10.8. The Balaban J connectivity index is 2.43. The van der Waals surface area contributed by atoms with E-state index in [1.165, 1.54) is 5.57 Å². The maximum Gasteiger partial charge on any atom is 0.306 e. The first-order valence-electron chi connectivity index (χ1n) is 6.34. The first kappa shape index (κ1) is 13.3. The quantitative estimate of drug-likeness (QED) is 0.535. The Labute approximate surface area is 99.1 Å². The smallest absolute Gasteiger partial charge is 0.306 e. The van der Waals surface area contributed by atoms with Gasteiger partial charge in [-0.05, 0) is 51.9 Å². The molecular weight excluding hydrogens is 200 g/mol. The zero-order valence-electron chi connectivity index (χ0n) is 10.8. The van der Waals surface area contributed by atoms with Crippen LogP contribution in [-0.4, -0.2) is 11.6 Å². The van der Waals surface area contributed by atoms with E-state index < -0.39 is 0 Å². The molecule has 0 unspecified atom stereocenters. The predicted molar refractivity (Wildman–Crippen MR) is 66.2 cm³/mol. The standard InChI is InChI=1S/C14H24O2/c1-5-6-13(15)16-14(4)9-7-12(8-10-14)11(2)3/h12H,2,5-10H2,1,3-4H3. The van der Waals surface area contributed by atoms with Gasteiger partial charge in [0.05, 0.1) is 0 Å². The van der Waals surface area contributed by atoms with Gasteiger partial charge in [0.1, 0.15) is 5.60 Å². The Morgan fingerprint density at radius 1 is 1.44 bits per heavy atom. The molecule has 1 fully saturated rings. The van der Waals surface area contributed by atoms with Gasteiger partial charge in [-0.25, -0.2) is 0 Å². The molecule has 0 saturated heterocycles. The van der Waals surface area contributed by atoms with Crippen LogP contribution in [0.5, 0.6) is 0 Å². The van der Waals surface area contributed by atoms with E-state index in [2.05, 4.69) is 20.4 Å². The van der Waals surface area contributed by atoms with E-state index >= 15 is 0 Å². The van der Waals surface area contributed by atoms with E-state index in [9.17, 15) is 4.79 Å². The maximum atomic E-state index is 11.5. The van der Waals surface area contributed by atoms with Crippen molar-refractivity contribution in [3.8, 4) is 0 Å². The second-order valence-electron chi connectivity index (χ2n) is 5.29. The molecule has 92 valence electrons. The largest absolute Gasteiger partial charge is 0.459 e. The Morgan fingerprint density at radius 3 is 2.44 bits per heavy atom. The van der Waals surface area contributed by atoms with Gasteiger partial charge in [0.25, 0.3) is 0 Å². The Bertz CT molecular complexity index is 260. The lowest BCUT2D eigenvalue weighted by Gasteiger charge is -2.37. The predicted octanol–water partition coefficient (Wildman–Crippen LogP) is 3.85. The number of esters is 1. The SMILES string of the molecule is C=C(C)C1CCC(C)(OC(=O)CCC)CC1. The monoisotopic (exact) mass is 224 g/mol. The van der Waals surface area contributed by atoms with E-state index in [0.29, 0.717) is 12.3 Å². The highest BCUT2D eigenvalue weighted by Crippen LogP contribution is 2.37. The molecule has 0 N–H and O–H groups in total. The first-order valence-corrected chi connectivity index (χ1v) is 6.34. The third-order valence-corrected chi connectivity index (χ3v) is 3.55. The van der Waals surface area contributed by atoms with Gasteiger partial charge in [0.15, 0.2) is 0 Å². The van der Waals surface area contributed by atoms with Gasteiger partial charge < -0.3 is 4.74 Å². The molecule has 2 heteroatoms. The van der Waals surface area contributed by atoms with Crippen molar-refractivity contribution in [1.82, 2.24) is 0 Å². The first-order chi connectivity index (χ1) is 7.47. The van der Waals surface area contributed by atoms with E-state index in [1.807, 2.05) is 6.92 Å². The summed E-state index contributed by atoms with van der Waals surface area (Å²) >= 11 is 0. The fourth-order valence-electron chi connectivity index (χ4n) is 2.35. The lowest BCUT2D eigenvalue weighted by molar-refractivity contribution is -0.161. The number of hydrogen-bond acceptors (Lipinski definition) is 2. The van der Waals surface area contributed by atoms with Crippen molar-refractivity contribution in [2.45, 2.75) is 64.9 Å². The van der Waals surface area contributed by atoms with Crippen LogP contribution in [0.25, 0.3) is 0 Å². The zero-order chi connectivity index (χ0) is 12.2. The van der Waals surface area contributed by atoms with E-state index in [4.69, 9.17) is 4.74 Å². The molecule has 0 heterocycles. The molecule has 1 aliphatic rings. The van der Waals surface area contributed by atoms with Crippen molar-refractivity contribution >= 4 is 5.97 Å². The van der Waals surface area contributed by atoms with Crippen LogP contribution < -0.4 is 0 Å². The highest BCUT2D eigenvalue weighted by molar-refractivity contribution is 5.69. The number of allylic oxidation sites excluding steroid dienone is 1. The van der Waals surface area contributed by atoms with Crippen molar-refractivity contribution in [2.24, 2.45) is 5.92 Å². The Morgan fingerprint density at radius 2 is 2.00 bits per heavy atom. The van der Waals surface area contributed by atoms with Crippen LogP contribution >= 0.6 is 0 Å². The minimum Gasteiger partial charge on any atom is -0.459 e. The van der Waals surface area contributed by atoms with E-state index in [0.717, 1.165) is 32.1 Å². The van der Waals surface area contributed by atoms with Gasteiger partial charge in [-0.1, -0.05) is 19.1 Å². The molecule has 0 aromatic rings. The minimum absolute atomic E-state index is 0.0428. The molecule has 0 spiro atoms. The van der Waals surface area contributed by atoms with Gasteiger partial charge in [0, 0.05) is 6.42 Å². The van der Waals surface area contributed by atoms with Crippen molar-refractivity contribution in [2.75, 3.05) is 0 Å². The van der Waals surface area contributed by atoms with Crippen LogP contribution in [0.2, 0.25) is 0 Å². The van der Waals surface area contributed by atoms with E-state index in [-0.39, 0.29) is 11.6 Å². The highest BCUT2D eigenvalue weighted by atomic mass is 16.6. The highest BCUT2D eigenvalue weighted by Gasteiger charge is 2.34. The van der Waals surface area contributed by atoms with Crippen LogP contribution in [0, 0.1) is 5.92 Å². The summed E-state index contributed by atoms with van der Waals surface area (Å²) in [5.74, 6) is 0.580. The second-order valence-corrected chi connectivity index (χ2v) is 5.29. The average molecular weight is 224 g/mol. The van der Waals surface area contributed by atoms with Crippen LogP contribution in [-0.2, 0) is 9.53 Å². The van der Waals surface area contributed by atoms with Gasteiger partial charge in [-0.15, -0.1) is 0 Å². The maximum absolute atomic E-state index is 11.5. The fraction of sp³-hybridized carbons (Fsp3) is 0.786. The molecule has 0 aliphatic heterocycles. The van der Waals surface area contributed by atoms with Crippen molar-refractivity contribution in [3.63, 3.8) is 0 Å². The minimum atomic E-state index is -0.224. The summed E-state index contributed by atoms with van der Waals surface area (Å²) in [6, 6.07) is 0. The number of ether oxygens (including phenoxy) is 1. The van der Waals surface area contributed by atoms with Crippen LogP contribution in [0.15, 0.2) is 12.2 Å². The van der Waals surface area contributed by atoms with Crippen LogP contribution in [0.4, 0.5) is 0 Å². The molecule has 1 aliphatic carbocycles. The summed E-state index contributed by atoms with van der Waals surface area (Å²) in [6.45, 7) is 10.2. The lowest BCUT2D eigenvalue weighted by Crippen LogP contribution is -2.36. The molecule has 0 radical (unpaired) electrons. The summed E-state index contributed by atoms with van der Waals surface area (Å²) in [6.07, 6.45) is 5.55. The molecule has 0 aromatic heterocycles. The van der Waals surface area contributed by atoms with Crippen molar-refractivity contribution in [3.05, 3.63) is 12.2 Å². The van der Waals surface area contributed by atoms with Crippen molar-refractivity contribution in [1.29, 1.82) is 0 Å². The molecule has 0 aromatic carbocycles. The number of hydrogen-bond donors (Lipinski definition) is 0. The molecular formula is C14H24O2. The average Bonchev–Trinajstić information content (AvgIpc) is 2.17. The molecule has 0 bridgehead atoms.